The van der Waals surface area contributed by atoms with Gasteiger partial charge >= 0.3 is 5.97 Å². The van der Waals surface area contributed by atoms with Crippen LogP contribution in [0.4, 0.5) is 0 Å². The molecule has 0 aliphatic carbocycles. The molecule has 176 valence electrons. The van der Waals surface area contributed by atoms with Gasteiger partial charge < -0.3 is 20.7 Å². The van der Waals surface area contributed by atoms with Gasteiger partial charge in [0.15, 0.2) is 5.11 Å². The highest BCUT2D eigenvalue weighted by Gasteiger charge is 2.15. The van der Waals surface area contributed by atoms with Gasteiger partial charge in [-0.2, -0.15) is 0 Å². The van der Waals surface area contributed by atoms with E-state index in [1.54, 1.807) is 4.90 Å². The van der Waals surface area contributed by atoms with Gasteiger partial charge in [0.1, 0.15) is 0 Å². The van der Waals surface area contributed by atoms with Crippen molar-refractivity contribution in [1.29, 1.82) is 0 Å². The zero-order chi connectivity index (χ0) is 23.9. The first kappa shape index (κ1) is 26.0. The van der Waals surface area contributed by atoms with Gasteiger partial charge in [-0.3, -0.25) is 14.4 Å². The maximum Gasteiger partial charge on any atom is 0.305 e. The first-order valence-corrected chi connectivity index (χ1v) is 11.5. The summed E-state index contributed by atoms with van der Waals surface area (Å²) in [6.45, 7) is 1.11. The highest BCUT2D eigenvalue weighted by atomic mass is 32.1. The fourth-order valence-corrected chi connectivity index (χ4v) is 3.40. The molecule has 2 aromatic carbocycles. The number of rotatable bonds is 13. The minimum absolute atomic E-state index is 0.124. The van der Waals surface area contributed by atoms with Crippen molar-refractivity contribution >= 4 is 35.1 Å². The van der Waals surface area contributed by atoms with Gasteiger partial charge in [-0.25, -0.2) is 0 Å². The Balaban J connectivity index is 1.67. The summed E-state index contributed by atoms with van der Waals surface area (Å²) in [4.78, 5) is 37.1. The van der Waals surface area contributed by atoms with Crippen molar-refractivity contribution in [2.75, 3.05) is 13.2 Å². The lowest BCUT2D eigenvalue weighted by atomic mass is 10.1. The first-order chi connectivity index (χ1) is 15.9. The van der Waals surface area contributed by atoms with Crippen LogP contribution in [0.5, 0.6) is 0 Å². The van der Waals surface area contributed by atoms with E-state index in [4.69, 9.17) is 22.7 Å². The van der Waals surface area contributed by atoms with Crippen LogP contribution in [0.3, 0.4) is 0 Å². The fourth-order valence-electron chi connectivity index (χ4n) is 3.13. The predicted molar refractivity (Wildman–Crippen MR) is 131 cm³/mol. The van der Waals surface area contributed by atoms with Gasteiger partial charge in [0, 0.05) is 32.4 Å². The van der Waals surface area contributed by atoms with Crippen LogP contribution in [0.1, 0.15) is 43.2 Å². The fraction of sp³-hybridized carbons (Fsp3) is 0.360. The van der Waals surface area contributed by atoms with E-state index in [1.807, 2.05) is 60.7 Å². The molecule has 0 aliphatic rings. The second-order valence-electron chi connectivity index (χ2n) is 7.64. The molecule has 0 atom stereocenters. The number of esters is 1. The Morgan fingerprint density at radius 3 is 2.15 bits per heavy atom. The topological polar surface area (TPSA) is 102 Å². The van der Waals surface area contributed by atoms with Gasteiger partial charge in [-0.15, -0.1) is 0 Å². The number of hydrogen-bond donors (Lipinski definition) is 2. The monoisotopic (exact) mass is 469 g/mol. The predicted octanol–water partition coefficient (Wildman–Crippen LogP) is 3.11. The summed E-state index contributed by atoms with van der Waals surface area (Å²) < 4.78 is 5.24. The average Bonchev–Trinajstić information content (AvgIpc) is 2.80. The Morgan fingerprint density at radius 2 is 1.52 bits per heavy atom. The SMILES string of the molecule is NC(=O)CCN(Cc1ccccc1)C(=S)NC(=O)CCCC(=O)OCCCc1ccccc1. The lowest BCUT2D eigenvalue weighted by Crippen LogP contribution is -2.43. The molecule has 2 rings (SSSR count). The molecule has 0 radical (unpaired) electrons. The number of nitrogens with zero attached hydrogens (tertiary/aromatic N) is 1. The third-order valence-corrected chi connectivity index (χ3v) is 5.24. The molecular weight excluding hydrogens is 438 g/mol. The van der Waals surface area contributed by atoms with Crippen molar-refractivity contribution in [3.8, 4) is 0 Å². The van der Waals surface area contributed by atoms with Gasteiger partial charge in [-0.1, -0.05) is 60.7 Å². The van der Waals surface area contributed by atoms with Crippen molar-refractivity contribution < 1.29 is 19.1 Å². The van der Waals surface area contributed by atoms with Gasteiger partial charge in [-0.05, 0) is 42.6 Å². The Hall–Kier alpha value is -3.26. The van der Waals surface area contributed by atoms with Crippen LogP contribution in [0, 0.1) is 0 Å². The minimum Gasteiger partial charge on any atom is -0.466 e. The molecule has 0 aromatic heterocycles. The van der Waals surface area contributed by atoms with Crippen LogP contribution in [0.2, 0.25) is 0 Å². The molecule has 3 N–H and O–H groups in total. The zero-order valence-electron chi connectivity index (χ0n) is 18.7. The number of nitrogens with one attached hydrogen (secondary N) is 1. The number of benzene rings is 2. The van der Waals surface area contributed by atoms with Crippen molar-refractivity contribution in [3.63, 3.8) is 0 Å². The van der Waals surface area contributed by atoms with E-state index in [0.29, 0.717) is 26.1 Å². The van der Waals surface area contributed by atoms with E-state index in [9.17, 15) is 14.4 Å². The van der Waals surface area contributed by atoms with E-state index >= 15 is 0 Å². The molecule has 0 aliphatic heterocycles. The number of primary amides is 1. The second-order valence-corrected chi connectivity index (χ2v) is 8.03. The number of thiocarbonyl (C=S) groups is 1. The van der Waals surface area contributed by atoms with Gasteiger partial charge in [0.05, 0.1) is 6.61 Å². The molecule has 2 amide bonds. The van der Waals surface area contributed by atoms with E-state index in [2.05, 4.69) is 5.32 Å². The number of ether oxygens (including phenoxy) is 1. The molecule has 33 heavy (non-hydrogen) atoms. The van der Waals surface area contributed by atoms with E-state index in [1.165, 1.54) is 5.56 Å². The molecule has 8 heteroatoms. The summed E-state index contributed by atoms with van der Waals surface area (Å²) in [5, 5.41) is 2.91. The van der Waals surface area contributed by atoms with Crippen LogP contribution < -0.4 is 11.1 Å². The zero-order valence-corrected chi connectivity index (χ0v) is 19.5. The molecule has 0 heterocycles. The summed E-state index contributed by atoms with van der Waals surface area (Å²) >= 11 is 5.37. The first-order valence-electron chi connectivity index (χ1n) is 11.0. The van der Waals surface area contributed by atoms with Gasteiger partial charge in [0.2, 0.25) is 11.8 Å². The lowest BCUT2D eigenvalue weighted by molar-refractivity contribution is -0.143. The van der Waals surface area contributed by atoms with Crippen LogP contribution in [0.15, 0.2) is 60.7 Å². The number of carbonyl (C=O) groups is 3. The van der Waals surface area contributed by atoms with Gasteiger partial charge in [0.25, 0.3) is 0 Å². The molecule has 7 nitrogen and oxygen atoms in total. The Morgan fingerprint density at radius 1 is 0.879 bits per heavy atom. The highest BCUT2D eigenvalue weighted by molar-refractivity contribution is 7.80. The number of carbonyl (C=O) groups excluding carboxylic acids is 3. The molecule has 2 aromatic rings. The molecule has 0 saturated carbocycles. The van der Waals surface area contributed by atoms with Crippen molar-refractivity contribution in [2.45, 2.75) is 45.1 Å². The lowest BCUT2D eigenvalue weighted by Gasteiger charge is -2.25. The summed E-state index contributed by atoms with van der Waals surface area (Å²) in [5.41, 5.74) is 7.46. The molecular formula is C25H31N3O4S. The van der Waals surface area contributed by atoms with Crippen LogP contribution in [-0.4, -0.2) is 40.9 Å². The van der Waals surface area contributed by atoms with Crippen LogP contribution in [0.25, 0.3) is 0 Å². The van der Waals surface area contributed by atoms with E-state index in [-0.39, 0.29) is 36.3 Å². The maximum atomic E-state index is 12.3. The molecule has 0 fully saturated rings. The van der Waals surface area contributed by atoms with E-state index < -0.39 is 5.91 Å². The Bertz CT molecular complexity index is 906. The third-order valence-electron chi connectivity index (χ3n) is 4.88. The van der Waals surface area contributed by atoms with Crippen molar-refractivity contribution in [1.82, 2.24) is 10.2 Å². The highest BCUT2D eigenvalue weighted by Crippen LogP contribution is 2.07. The molecule has 0 saturated heterocycles. The van der Waals surface area contributed by atoms with Crippen molar-refractivity contribution in [3.05, 3.63) is 71.8 Å². The largest absolute Gasteiger partial charge is 0.466 e. The summed E-state index contributed by atoms with van der Waals surface area (Å²) in [7, 11) is 0. The molecule has 0 bridgehead atoms. The van der Waals surface area contributed by atoms with Crippen LogP contribution >= 0.6 is 12.2 Å². The number of aryl methyl sites for hydroxylation is 1. The Kier molecular flexibility index (Phi) is 11.6. The summed E-state index contributed by atoms with van der Waals surface area (Å²) in [6, 6.07) is 19.6. The van der Waals surface area contributed by atoms with Crippen LogP contribution in [-0.2, 0) is 32.1 Å². The second kappa shape index (κ2) is 14.7. The number of amides is 2. The summed E-state index contributed by atoms with van der Waals surface area (Å²) in [6.07, 6.45) is 2.41. The normalized spacial score (nSPS) is 10.3. The quantitative estimate of drug-likeness (QED) is 0.266. The standard InChI is InChI=1S/C25H31N3O4S/c26-22(29)16-17-28(19-21-11-5-2-6-12-21)25(33)27-23(30)14-7-15-24(31)32-18-8-13-20-9-3-1-4-10-20/h1-6,9-12H,7-8,13-19H2,(H2,26,29)(H,27,30,33). The van der Waals surface area contributed by atoms with Crippen molar-refractivity contribution in [2.24, 2.45) is 5.73 Å². The minimum atomic E-state index is -0.440. The molecule has 0 unspecified atom stereocenters. The average molecular weight is 470 g/mol. The summed E-state index contributed by atoms with van der Waals surface area (Å²) in [5.74, 6) is -1.04. The molecule has 0 spiro atoms. The van der Waals surface area contributed by atoms with E-state index in [0.717, 1.165) is 18.4 Å². The number of hydrogen-bond acceptors (Lipinski definition) is 5. The smallest absolute Gasteiger partial charge is 0.305 e. The Labute approximate surface area is 200 Å². The maximum absolute atomic E-state index is 12.3. The number of nitrogens with two attached hydrogens (primary N) is 1. The third kappa shape index (κ3) is 11.2.